The minimum absolute atomic E-state index is 0.0484. The normalized spacial score (nSPS) is 10.2. The summed E-state index contributed by atoms with van der Waals surface area (Å²) in [6.45, 7) is 2.09. The zero-order valence-corrected chi connectivity index (χ0v) is 11.4. The lowest BCUT2D eigenvalue weighted by molar-refractivity contribution is 0.626. The molecular formula is C15H15FN2S. The Hall–Kier alpha value is -1.94. The van der Waals surface area contributed by atoms with Crippen LogP contribution in [0.2, 0.25) is 0 Å². The zero-order chi connectivity index (χ0) is 13.8. The highest BCUT2D eigenvalue weighted by atomic mass is 32.1. The van der Waals surface area contributed by atoms with Crippen LogP contribution in [0.1, 0.15) is 18.1 Å². The second-order valence-electron chi connectivity index (χ2n) is 4.21. The maximum atomic E-state index is 13.7. The number of rotatable bonds is 4. The average molecular weight is 274 g/mol. The fourth-order valence-electron chi connectivity index (χ4n) is 1.90. The third-order valence-corrected chi connectivity index (χ3v) is 3.08. The molecule has 3 N–H and O–H groups in total. The van der Waals surface area contributed by atoms with Crippen LogP contribution in [0.25, 0.3) is 0 Å². The van der Waals surface area contributed by atoms with Crippen LogP contribution in [0.4, 0.5) is 15.8 Å². The smallest absolute Gasteiger partial charge is 0.135 e. The maximum Gasteiger partial charge on any atom is 0.135 e. The molecule has 2 nitrogen and oxygen atoms in total. The van der Waals surface area contributed by atoms with E-state index in [0.717, 1.165) is 12.1 Å². The first-order valence-electron chi connectivity index (χ1n) is 6.06. The summed E-state index contributed by atoms with van der Waals surface area (Å²) in [5.74, 6) is -0.413. The molecule has 0 atom stereocenters. The molecule has 0 aliphatic heterocycles. The molecule has 2 aromatic rings. The molecule has 2 aromatic carbocycles. The van der Waals surface area contributed by atoms with Crippen LogP contribution in [0.15, 0.2) is 42.5 Å². The minimum Gasteiger partial charge on any atom is -0.389 e. The van der Waals surface area contributed by atoms with E-state index in [1.54, 1.807) is 12.1 Å². The van der Waals surface area contributed by atoms with Crippen LogP contribution < -0.4 is 11.1 Å². The van der Waals surface area contributed by atoms with Crippen molar-refractivity contribution in [3.63, 3.8) is 0 Å². The van der Waals surface area contributed by atoms with E-state index in [0.29, 0.717) is 5.69 Å². The molecule has 0 radical (unpaired) electrons. The maximum absolute atomic E-state index is 13.7. The summed E-state index contributed by atoms with van der Waals surface area (Å²) in [4.78, 5) is 0.0484. The molecule has 0 unspecified atom stereocenters. The number of thiocarbonyl (C=S) groups is 1. The van der Waals surface area contributed by atoms with Gasteiger partial charge in [-0.1, -0.05) is 37.3 Å². The van der Waals surface area contributed by atoms with E-state index in [1.807, 2.05) is 24.3 Å². The average Bonchev–Trinajstić information content (AvgIpc) is 2.38. The molecule has 0 fully saturated rings. The molecule has 0 bridgehead atoms. The minimum atomic E-state index is -0.413. The first-order chi connectivity index (χ1) is 9.11. The molecule has 2 rings (SSSR count). The Labute approximate surface area is 117 Å². The van der Waals surface area contributed by atoms with Crippen molar-refractivity contribution in [2.24, 2.45) is 5.73 Å². The summed E-state index contributed by atoms with van der Waals surface area (Å²) in [5, 5.41) is 3.16. The molecule has 4 heteroatoms. The number of aryl methyl sites for hydroxylation is 1. The van der Waals surface area contributed by atoms with Crippen molar-refractivity contribution in [3.05, 3.63) is 59.4 Å². The van der Waals surface area contributed by atoms with Crippen LogP contribution in [-0.2, 0) is 6.42 Å². The van der Waals surface area contributed by atoms with E-state index < -0.39 is 5.82 Å². The van der Waals surface area contributed by atoms with E-state index in [-0.39, 0.29) is 10.6 Å². The van der Waals surface area contributed by atoms with Crippen molar-refractivity contribution >= 4 is 28.6 Å². The highest BCUT2D eigenvalue weighted by Gasteiger charge is 2.11. The van der Waals surface area contributed by atoms with Gasteiger partial charge >= 0.3 is 0 Å². The Bertz CT molecular complexity index is 611. The topological polar surface area (TPSA) is 38.0 Å². The van der Waals surface area contributed by atoms with Gasteiger partial charge in [0.1, 0.15) is 10.8 Å². The third-order valence-electron chi connectivity index (χ3n) is 2.87. The fraction of sp³-hybridized carbons (Fsp3) is 0.133. The number of halogens is 1. The molecule has 0 spiro atoms. The summed E-state index contributed by atoms with van der Waals surface area (Å²) in [6, 6.07) is 12.7. The number of benzene rings is 2. The second kappa shape index (κ2) is 5.80. The van der Waals surface area contributed by atoms with Gasteiger partial charge in [-0.25, -0.2) is 4.39 Å². The van der Waals surface area contributed by atoms with E-state index in [1.165, 1.54) is 11.6 Å². The van der Waals surface area contributed by atoms with Gasteiger partial charge in [0.2, 0.25) is 0 Å². The zero-order valence-electron chi connectivity index (χ0n) is 10.6. The Kier molecular flexibility index (Phi) is 4.12. The van der Waals surface area contributed by atoms with Crippen LogP contribution in [0.5, 0.6) is 0 Å². The monoisotopic (exact) mass is 274 g/mol. The molecule has 0 amide bonds. The first kappa shape index (κ1) is 13.5. The highest BCUT2D eigenvalue weighted by molar-refractivity contribution is 7.80. The van der Waals surface area contributed by atoms with Gasteiger partial charge in [-0.3, -0.25) is 0 Å². The lowest BCUT2D eigenvalue weighted by atomic mass is 10.1. The Morgan fingerprint density at radius 1 is 1.26 bits per heavy atom. The summed E-state index contributed by atoms with van der Waals surface area (Å²) in [5.41, 5.74) is 8.51. The van der Waals surface area contributed by atoms with Gasteiger partial charge < -0.3 is 11.1 Å². The molecule has 19 heavy (non-hydrogen) atoms. The first-order valence-corrected chi connectivity index (χ1v) is 6.47. The van der Waals surface area contributed by atoms with Crippen LogP contribution in [0, 0.1) is 5.82 Å². The molecule has 0 aliphatic carbocycles. The highest BCUT2D eigenvalue weighted by Crippen LogP contribution is 2.24. The lowest BCUT2D eigenvalue weighted by Gasteiger charge is -2.12. The van der Waals surface area contributed by atoms with E-state index >= 15 is 0 Å². The Balaban J connectivity index is 2.38. The Morgan fingerprint density at radius 2 is 2.00 bits per heavy atom. The predicted octanol–water partition coefficient (Wildman–Crippen LogP) is 3.77. The third kappa shape index (κ3) is 3.09. The number of anilines is 2. The Morgan fingerprint density at radius 3 is 2.68 bits per heavy atom. The van der Waals surface area contributed by atoms with E-state index in [4.69, 9.17) is 18.0 Å². The number of nitrogens with one attached hydrogen (secondary N) is 1. The van der Waals surface area contributed by atoms with Gasteiger partial charge in [0.25, 0.3) is 0 Å². The predicted molar refractivity (Wildman–Crippen MR) is 81.4 cm³/mol. The standard InChI is InChI=1S/C15H15FN2S/c1-2-10-5-3-6-11(9-10)18-13-8-4-7-12(16)14(13)15(17)19/h3-9,18H,2H2,1H3,(H2,17,19). The summed E-state index contributed by atoms with van der Waals surface area (Å²) in [7, 11) is 0. The largest absolute Gasteiger partial charge is 0.389 e. The molecule has 0 aliphatic rings. The van der Waals surface area contributed by atoms with Gasteiger partial charge in [0.15, 0.2) is 0 Å². The van der Waals surface area contributed by atoms with Crippen molar-refractivity contribution < 1.29 is 4.39 Å². The lowest BCUT2D eigenvalue weighted by Crippen LogP contribution is -2.14. The summed E-state index contributed by atoms with van der Waals surface area (Å²) < 4.78 is 13.7. The van der Waals surface area contributed by atoms with E-state index in [9.17, 15) is 4.39 Å². The number of hydrogen-bond donors (Lipinski definition) is 2. The van der Waals surface area contributed by atoms with Gasteiger partial charge in [-0.2, -0.15) is 0 Å². The van der Waals surface area contributed by atoms with Crippen LogP contribution >= 0.6 is 12.2 Å². The fourth-order valence-corrected chi connectivity index (χ4v) is 2.11. The molecular weight excluding hydrogens is 259 g/mol. The molecule has 0 heterocycles. The van der Waals surface area contributed by atoms with Gasteiger partial charge in [0, 0.05) is 5.69 Å². The molecule has 0 saturated heterocycles. The summed E-state index contributed by atoms with van der Waals surface area (Å²) >= 11 is 4.90. The van der Waals surface area contributed by atoms with Crippen LogP contribution in [0.3, 0.4) is 0 Å². The SMILES string of the molecule is CCc1cccc(Nc2cccc(F)c2C(N)=S)c1. The van der Waals surface area contributed by atoms with Gasteiger partial charge in [-0.15, -0.1) is 0 Å². The molecule has 0 saturated carbocycles. The van der Waals surface area contributed by atoms with Crippen molar-refractivity contribution in [1.29, 1.82) is 0 Å². The van der Waals surface area contributed by atoms with Crippen molar-refractivity contribution in [3.8, 4) is 0 Å². The number of nitrogens with two attached hydrogens (primary N) is 1. The van der Waals surface area contributed by atoms with Gasteiger partial charge in [0.05, 0.1) is 11.3 Å². The van der Waals surface area contributed by atoms with Crippen molar-refractivity contribution in [2.75, 3.05) is 5.32 Å². The molecule has 0 aromatic heterocycles. The van der Waals surface area contributed by atoms with Crippen molar-refractivity contribution in [1.82, 2.24) is 0 Å². The quantitative estimate of drug-likeness (QED) is 0.834. The second-order valence-corrected chi connectivity index (χ2v) is 4.65. The van der Waals surface area contributed by atoms with E-state index in [2.05, 4.69) is 12.2 Å². The molecule has 98 valence electrons. The van der Waals surface area contributed by atoms with Crippen molar-refractivity contribution in [2.45, 2.75) is 13.3 Å². The number of hydrogen-bond acceptors (Lipinski definition) is 2. The summed E-state index contributed by atoms with van der Waals surface area (Å²) in [6.07, 6.45) is 0.945. The van der Waals surface area contributed by atoms with Gasteiger partial charge in [-0.05, 0) is 36.2 Å². The van der Waals surface area contributed by atoms with Crippen LogP contribution in [-0.4, -0.2) is 4.99 Å².